The van der Waals surface area contributed by atoms with E-state index in [1.807, 2.05) is 6.07 Å². The number of rotatable bonds is 4. The van der Waals surface area contributed by atoms with Gasteiger partial charge in [0.05, 0.1) is 5.92 Å². The van der Waals surface area contributed by atoms with Crippen molar-refractivity contribution in [2.75, 3.05) is 0 Å². The van der Waals surface area contributed by atoms with Gasteiger partial charge in [-0.2, -0.15) is 0 Å². The quantitative estimate of drug-likeness (QED) is 0.0927. The van der Waals surface area contributed by atoms with E-state index in [2.05, 4.69) is 0 Å². The van der Waals surface area contributed by atoms with Crippen LogP contribution in [0.15, 0.2) is 109 Å². The molecule has 3 aliphatic rings. The molecule has 6 aromatic rings. The first kappa shape index (κ1) is 30.6. The lowest BCUT2D eigenvalue weighted by atomic mass is 9.79. The highest BCUT2D eigenvalue weighted by molar-refractivity contribution is 5.72. The lowest BCUT2D eigenvalue weighted by Crippen LogP contribution is -2.12. The third-order valence-corrected chi connectivity index (χ3v) is 10.9. The number of phenolic OH excluding ortho intramolecular Hbond substituents is 8. The van der Waals surface area contributed by atoms with E-state index in [1.54, 1.807) is 78.9 Å². The van der Waals surface area contributed by atoms with Gasteiger partial charge in [-0.05, 0) is 94.0 Å². The van der Waals surface area contributed by atoms with E-state index in [-0.39, 0.29) is 57.8 Å². The molecule has 0 amide bonds. The van der Waals surface area contributed by atoms with E-state index in [1.165, 1.54) is 24.3 Å². The monoisotopic (exact) mass is 680 g/mol. The molecule has 1 aliphatic heterocycles. The molecular formula is C42H32O9. The minimum atomic E-state index is -0.715. The van der Waals surface area contributed by atoms with Crippen LogP contribution in [0.2, 0.25) is 0 Å². The number of fused-ring (bicyclic) bond motifs is 6. The van der Waals surface area contributed by atoms with Crippen molar-refractivity contribution < 1.29 is 45.6 Å². The fourth-order valence-corrected chi connectivity index (χ4v) is 9.01. The summed E-state index contributed by atoms with van der Waals surface area (Å²) in [5, 5.41) is 86.5. The maximum Gasteiger partial charge on any atom is 0.135 e. The lowest BCUT2D eigenvalue weighted by Gasteiger charge is -2.24. The standard InChI is InChI=1S/C42H32O9/c43-23-7-1-19(2-8-23)33-36-29(16-28(48)17-31(36)49)37-34(20-3-9-24(44)10-4-20)39-30(38(33)37)18-32-40(41(39)50)35(22-13-26(46)15-27(47)14-22)42(51-32)21-5-11-25(45)12-6-21/h1-18,33-35,37-38,42-50H/t33-,34+,35+,37+,38+,42-/m1/s1. The second-order valence-electron chi connectivity index (χ2n) is 13.7. The summed E-state index contributed by atoms with van der Waals surface area (Å²) < 4.78 is 6.71. The Morgan fingerprint density at radius 3 is 1.39 bits per heavy atom. The Balaban J connectivity index is 1.33. The minimum absolute atomic E-state index is 0.0283. The van der Waals surface area contributed by atoms with Crippen molar-refractivity contribution in [3.05, 3.63) is 159 Å². The fraction of sp³-hybridized carbons (Fsp3) is 0.143. The molecule has 0 bridgehead atoms. The minimum Gasteiger partial charge on any atom is -0.508 e. The molecule has 9 nitrogen and oxygen atoms in total. The van der Waals surface area contributed by atoms with E-state index in [0.717, 1.165) is 16.7 Å². The highest BCUT2D eigenvalue weighted by Crippen LogP contribution is 2.71. The number of benzene rings is 6. The predicted octanol–water partition coefficient (Wildman–Crippen LogP) is 7.76. The molecule has 0 fully saturated rings. The van der Waals surface area contributed by atoms with Crippen LogP contribution in [0, 0.1) is 0 Å². The molecule has 51 heavy (non-hydrogen) atoms. The van der Waals surface area contributed by atoms with Crippen molar-refractivity contribution in [2.45, 2.75) is 35.7 Å². The molecule has 9 heteroatoms. The van der Waals surface area contributed by atoms with Crippen LogP contribution in [0.5, 0.6) is 51.7 Å². The second kappa shape index (κ2) is 11.0. The van der Waals surface area contributed by atoms with Crippen LogP contribution in [0.1, 0.15) is 85.8 Å². The highest BCUT2D eigenvalue weighted by Gasteiger charge is 2.56. The van der Waals surface area contributed by atoms with E-state index in [4.69, 9.17) is 4.74 Å². The Kier molecular flexibility index (Phi) is 6.60. The Morgan fingerprint density at radius 2 is 0.843 bits per heavy atom. The van der Waals surface area contributed by atoms with Gasteiger partial charge >= 0.3 is 0 Å². The van der Waals surface area contributed by atoms with Crippen LogP contribution >= 0.6 is 0 Å². The van der Waals surface area contributed by atoms with Crippen LogP contribution in [-0.2, 0) is 0 Å². The average molecular weight is 681 g/mol. The molecule has 0 unspecified atom stereocenters. The number of ether oxygens (including phenoxy) is 1. The summed E-state index contributed by atoms with van der Waals surface area (Å²) in [5.41, 5.74) is 6.00. The van der Waals surface area contributed by atoms with Crippen LogP contribution < -0.4 is 4.74 Å². The molecule has 8 N–H and O–H groups in total. The van der Waals surface area contributed by atoms with Crippen molar-refractivity contribution in [3.63, 3.8) is 0 Å². The molecule has 1 heterocycles. The highest BCUT2D eigenvalue weighted by atomic mass is 16.5. The summed E-state index contributed by atoms with van der Waals surface area (Å²) in [6, 6.07) is 29.3. The van der Waals surface area contributed by atoms with E-state index in [9.17, 15) is 40.9 Å². The van der Waals surface area contributed by atoms with Gasteiger partial charge in [0.15, 0.2) is 0 Å². The molecule has 0 radical (unpaired) electrons. The summed E-state index contributed by atoms with van der Waals surface area (Å²) in [6.07, 6.45) is -0.715. The summed E-state index contributed by atoms with van der Waals surface area (Å²) in [4.78, 5) is 0. The summed E-state index contributed by atoms with van der Waals surface area (Å²) >= 11 is 0. The third kappa shape index (κ3) is 4.61. The summed E-state index contributed by atoms with van der Waals surface area (Å²) in [5.74, 6) is -2.30. The van der Waals surface area contributed by atoms with Gasteiger partial charge < -0.3 is 45.6 Å². The van der Waals surface area contributed by atoms with Gasteiger partial charge in [-0.3, -0.25) is 0 Å². The predicted molar refractivity (Wildman–Crippen MR) is 186 cm³/mol. The number of aromatic hydroxyl groups is 8. The van der Waals surface area contributed by atoms with Gasteiger partial charge in [0.2, 0.25) is 0 Å². The van der Waals surface area contributed by atoms with Crippen molar-refractivity contribution >= 4 is 0 Å². The Bertz CT molecular complexity index is 2330. The fourth-order valence-electron chi connectivity index (χ4n) is 9.01. The van der Waals surface area contributed by atoms with Crippen molar-refractivity contribution in [1.29, 1.82) is 0 Å². The van der Waals surface area contributed by atoms with Gasteiger partial charge in [-0.25, -0.2) is 0 Å². The topological polar surface area (TPSA) is 171 Å². The van der Waals surface area contributed by atoms with Gasteiger partial charge in [0, 0.05) is 52.5 Å². The first-order valence-corrected chi connectivity index (χ1v) is 16.6. The summed E-state index contributed by atoms with van der Waals surface area (Å²) in [6.45, 7) is 0. The number of hydrogen-bond acceptors (Lipinski definition) is 9. The normalized spacial score (nSPS) is 22.5. The molecule has 254 valence electrons. The van der Waals surface area contributed by atoms with Crippen molar-refractivity contribution in [3.8, 4) is 51.7 Å². The number of hydrogen-bond donors (Lipinski definition) is 8. The lowest BCUT2D eigenvalue weighted by molar-refractivity contribution is 0.221. The molecule has 0 aromatic heterocycles. The molecule has 9 rings (SSSR count). The third-order valence-electron chi connectivity index (χ3n) is 10.9. The SMILES string of the molecule is Oc1ccc([C@@H]2c3c(O)cc(O)cc3[C@H]3[C@H](c4ccc(O)cc4)c4c(cc5c(c4O)[C@H](c4cc(O)cc(O)c4)[C@@H](c4ccc(O)cc4)O5)[C@@H]23)cc1. The molecule has 6 atom stereocenters. The Labute approximate surface area is 291 Å². The first-order valence-electron chi connectivity index (χ1n) is 16.6. The van der Waals surface area contributed by atoms with Crippen molar-refractivity contribution in [2.24, 2.45) is 0 Å². The molecular weight excluding hydrogens is 648 g/mol. The first-order chi connectivity index (χ1) is 24.6. The maximum atomic E-state index is 12.7. The van der Waals surface area contributed by atoms with Crippen LogP contribution in [0.3, 0.4) is 0 Å². The van der Waals surface area contributed by atoms with Crippen molar-refractivity contribution in [1.82, 2.24) is 0 Å². The molecule has 0 spiro atoms. The average Bonchev–Trinajstić information content (AvgIpc) is 3.74. The van der Waals surface area contributed by atoms with E-state index < -0.39 is 23.9 Å². The van der Waals surface area contributed by atoms with E-state index >= 15 is 0 Å². The second-order valence-corrected chi connectivity index (χ2v) is 13.7. The summed E-state index contributed by atoms with van der Waals surface area (Å²) in [7, 11) is 0. The molecule has 0 saturated heterocycles. The van der Waals surface area contributed by atoms with Crippen LogP contribution in [0.4, 0.5) is 0 Å². The molecule has 2 aliphatic carbocycles. The van der Waals surface area contributed by atoms with E-state index in [0.29, 0.717) is 39.1 Å². The smallest absolute Gasteiger partial charge is 0.135 e. The van der Waals surface area contributed by atoms with Gasteiger partial charge in [-0.15, -0.1) is 0 Å². The molecule has 6 aromatic carbocycles. The molecule has 0 saturated carbocycles. The van der Waals surface area contributed by atoms with Crippen LogP contribution in [-0.4, -0.2) is 40.9 Å². The zero-order valence-electron chi connectivity index (χ0n) is 26.8. The van der Waals surface area contributed by atoms with Crippen LogP contribution in [0.25, 0.3) is 0 Å². The Morgan fingerprint density at radius 1 is 0.373 bits per heavy atom. The van der Waals surface area contributed by atoms with Gasteiger partial charge in [0.25, 0.3) is 0 Å². The zero-order chi connectivity index (χ0) is 35.3. The maximum absolute atomic E-state index is 12.7. The zero-order valence-corrected chi connectivity index (χ0v) is 26.8. The van der Waals surface area contributed by atoms with Gasteiger partial charge in [-0.1, -0.05) is 36.4 Å². The Hall–Kier alpha value is -6.48. The number of phenols is 8. The largest absolute Gasteiger partial charge is 0.508 e. The van der Waals surface area contributed by atoms with Gasteiger partial charge in [0.1, 0.15) is 57.8 Å².